The largest absolute Gasteiger partial charge is 0.398 e. The molecule has 3 N–H and O–H groups in total. The number of nitriles is 1. The van der Waals surface area contributed by atoms with Gasteiger partial charge in [-0.25, -0.2) is 0 Å². The molecule has 5 heteroatoms. The van der Waals surface area contributed by atoms with Crippen molar-refractivity contribution in [2.75, 3.05) is 11.1 Å². The molecule has 0 bridgehead atoms. The van der Waals surface area contributed by atoms with Crippen LogP contribution in [0.1, 0.15) is 21.6 Å². The highest BCUT2D eigenvalue weighted by atomic mass is 16.1. The van der Waals surface area contributed by atoms with Gasteiger partial charge in [-0.1, -0.05) is 12.1 Å². The molecule has 0 aliphatic carbocycles. The van der Waals surface area contributed by atoms with Crippen molar-refractivity contribution >= 4 is 17.3 Å². The molecule has 1 aromatic heterocycles. The average molecular weight is 252 g/mol. The van der Waals surface area contributed by atoms with Gasteiger partial charge in [0.15, 0.2) is 0 Å². The first-order valence-electron chi connectivity index (χ1n) is 5.64. The molecule has 1 aromatic carbocycles. The van der Waals surface area contributed by atoms with Crippen LogP contribution < -0.4 is 11.1 Å². The Kier molecular flexibility index (Phi) is 3.44. The summed E-state index contributed by atoms with van der Waals surface area (Å²) in [7, 11) is 0. The Hall–Kier alpha value is -2.87. The number of benzene rings is 1. The summed E-state index contributed by atoms with van der Waals surface area (Å²) >= 11 is 0. The second-order valence-corrected chi connectivity index (χ2v) is 4.02. The highest BCUT2D eigenvalue weighted by molar-refractivity contribution is 6.08. The van der Waals surface area contributed by atoms with Crippen LogP contribution in [0.3, 0.4) is 0 Å². The fourth-order valence-corrected chi connectivity index (χ4v) is 1.65. The molecule has 0 saturated heterocycles. The SMILES string of the molecule is Cc1cc(N)c(C(=O)Nc2ccccc2C#N)cn1. The highest BCUT2D eigenvalue weighted by Crippen LogP contribution is 2.17. The van der Waals surface area contributed by atoms with Gasteiger partial charge in [-0.2, -0.15) is 5.26 Å². The van der Waals surface area contributed by atoms with Crippen LogP contribution in [0.5, 0.6) is 0 Å². The van der Waals surface area contributed by atoms with Crippen LogP contribution in [0, 0.1) is 18.3 Å². The standard InChI is InChI=1S/C14H12N4O/c1-9-6-12(16)11(8-17-9)14(19)18-13-5-3-2-4-10(13)7-15/h2-6,8H,1H3,(H2,16,17)(H,18,19). The van der Waals surface area contributed by atoms with Gasteiger partial charge in [-0.15, -0.1) is 0 Å². The zero-order chi connectivity index (χ0) is 13.8. The first kappa shape index (κ1) is 12.6. The van der Waals surface area contributed by atoms with Crippen molar-refractivity contribution in [1.82, 2.24) is 4.98 Å². The number of amides is 1. The quantitative estimate of drug-likeness (QED) is 0.856. The molecule has 0 unspecified atom stereocenters. The van der Waals surface area contributed by atoms with E-state index in [1.54, 1.807) is 37.3 Å². The van der Waals surface area contributed by atoms with Gasteiger partial charge >= 0.3 is 0 Å². The van der Waals surface area contributed by atoms with Gasteiger partial charge in [0.05, 0.1) is 16.8 Å². The van der Waals surface area contributed by atoms with Gasteiger partial charge in [-0.05, 0) is 25.1 Å². The van der Waals surface area contributed by atoms with Crippen molar-refractivity contribution in [2.24, 2.45) is 0 Å². The number of pyridine rings is 1. The summed E-state index contributed by atoms with van der Waals surface area (Å²) < 4.78 is 0. The van der Waals surface area contributed by atoms with Gasteiger partial charge in [0, 0.05) is 17.6 Å². The molecule has 0 saturated carbocycles. The Balaban J connectivity index is 2.29. The second kappa shape index (κ2) is 5.19. The minimum absolute atomic E-state index is 0.290. The number of aryl methyl sites for hydroxylation is 1. The molecule has 1 heterocycles. The third-order valence-corrected chi connectivity index (χ3v) is 2.61. The number of para-hydroxylation sites is 1. The van der Waals surface area contributed by atoms with E-state index in [0.717, 1.165) is 5.69 Å². The van der Waals surface area contributed by atoms with Crippen molar-refractivity contribution in [2.45, 2.75) is 6.92 Å². The van der Waals surface area contributed by atoms with E-state index in [4.69, 9.17) is 11.0 Å². The molecule has 0 spiro atoms. The van der Waals surface area contributed by atoms with Crippen LogP contribution in [0.2, 0.25) is 0 Å². The van der Waals surface area contributed by atoms with Crippen LogP contribution in [0.15, 0.2) is 36.5 Å². The van der Waals surface area contributed by atoms with Crippen LogP contribution in [-0.4, -0.2) is 10.9 Å². The fraction of sp³-hybridized carbons (Fsp3) is 0.0714. The summed E-state index contributed by atoms with van der Waals surface area (Å²) in [4.78, 5) is 16.1. The van der Waals surface area contributed by atoms with Crippen LogP contribution in [-0.2, 0) is 0 Å². The van der Waals surface area contributed by atoms with Gasteiger partial charge in [0.25, 0.3) is 5.91 Å². The van der Waals surface area contributed by atoms with Crippen molar-refractivity contribution in [3.8, 4) is 6.07 Å². The lowest BCUT2D eigenvalue weighted by Crippen LogP contribution is -2.15. The number of nitrogens with two attached hydrogens (primary N) is 1. The summed E-state index contributed by atoms with van der Waals surface area (Å²) in [6, 6.07) is 10.4. The van der Waals surface area contributed by atoms with Gasteiger partial charge in [0.1, 0.15) is 6.07 Å². The number of nitrogens with one attached hydrogen (secondary N) is 1. The van der Waals surface area contributed by atoms with Crippen LogP contribution in [0.4, 0.5) is 11.4 Å². The fourth-order valence-electron chi connectivity index (χ4n) is 1.65. The number of hydrogen-bond donors (Lipinski definition) is 2. The number of nitrogen functional groups attached to an aromatic ring is 1. The maximum Gasteiger partial charge on any atom is 0.259 e. The second-order valence-electron chi connectivity index (χ2n) is 4.02. The summed E-state index contributed by atoms with van der Waals surface area (Å²) in [6.07, 6.45) is 1.43. The van der Waals surface area contributed by atoms with E-state index in [2.05, 4.69) is 10.3 Å². The molecule has 1 amide bonds. The Morgan fingerprint density at radius 2 is 2.16 bits per heavy atom. The summed E-state index contributed by atoms with van der Waals surface area (Å²) in [5.74, 6) is -0.382. The third-order valence-electron chi connectivity index (χ3n) is 2.61. The van der Waals surface area contributed by atoms with Crippen molar-refractivity contribution < 1.29 is 4.79 Å². The lowest BCUT2D eigenvalue weighted by molar-refractivity contribution is 0.102. The maximum atomic E-state index is 12.1. The number of carbonyl (C=O) groups excluding carboxylic acids is 1. The molecule has 2 rings (SSSR count). The number of rotatable bonds is 2. The van der Waals surface area contributed by atoms with Gasteiger partial charge in [-0.3, -0.25) is 9.78 Å². The number of anilines is 2. The van der Waals surface area contributed by atoms with E-state index in [1.807, 2.05) is 6.07 Å². The summed E-state index contributed by atoms with van der Waals surface area (Å²) in [5, 5.41) is 11.6. The van der Waals surface area contributed by atoms with Gasteiger partial charge < -0.3 is 11.1 Å². The highest BCUT2D eigenvalue weighted by Gasteiger charge is 2.12. The number of carbonyl (C=O) groups is 1. The van der Waals surface area contributed by atoms with E-state index in [1.165, 1.54) is 6.20 Å². The van der Waals surface area contributed by atoms with E-state index >= 15 is 0 Å². The molecule has 0 aliphatic heterocycles. The Morgan fingerprint density at radius 1 is 1.42 bits per heavy atom. The summed E-state index contributed by atoms with van der Waals surface area (Å²) in [6.45, 7) is 1.79. The van der Waals surface area contributed by atoms with E-state index in [-0.39, 0.29) is 5.91 Å². The van der Waals surface area contributed by atoms with E-state index < -0.39 is 0 Å². The number of aromatic nitrogens is 1. The van der Waals surface area contributed by atoms with Crippen molar-refractivity contribution in [3.63, 3.8) is 0 Å². The van der Waals surface area contributed by atoms with Crippen molar-refractivity contribution in [3.05, 3.63) is 53.3 Å². The molecule has 0 fully saturated rings. The zero-order valence-electron chi connectivity index (χ0n) is 10.3. The smallest absolute Gasteiger partial charge is 0.259 e. The predicted octanol–water partition coefficient (Wildman–Crippen LogP) is 2.10. The van der Waals surface area contributed by atoms with E-state index in [9.17, 15) is 4.79 Å². The molecule has 0 atom stereocenters. The molecule has 0 radical (unpaired) electrons. The first-order chi connectivity index (χ1) is 9.11. The first-order valence-corrected chi connectivity index (χ1v) is 5.64. The molecular formula is C14H12N4O. The molecular weight excluding hydrogens is 240 g/mol. The maximum absolute atomic E-state index is 12.1. The molecule has 2 aromatic rings. The van der Waals surface area contributed by atoms with Crippen molar-refractivity contribution in [1.29, 1.82) is 5.26 Å². The number of hydrogen-bond acceptors (Lipinski definition) is 4. The van der Waals surface area contributed by atoms with Crippen LogP contribution in [0.25, 0.3) is 0 Å². The van der Waals surface area contributed by atoms with Gasteiger partial charge in [0.2, 0.25) is 0 Å². The third kappa shape index (κ3) is 2.69. The average Bonchev–Trinajstić information content (AvgIpc) is 2.39. The summed E-state index contributed by atoms with van der Waals surface area (Å²) in [5.41, 5.74) is 8.02. The van der Waals surface area contributed by atoms with Crippen LogP contribution >= 0.6 is 0 Å². The number of nitrogens with zero attached hydrogens (tertiary/aromatic N) is 2. The monoisotopic (exact) mass is 252 g/mol. The topological polar surface area (TPSA) is 91.8 Å². The predicted molar refractivity (Wildman–Crippen MR) is 72.5 cm³/mol. The minimum Gasteiger partial charge on any atom is -0.398 e. The van der Waals surface area contributed by atoms with E-state index in [0.29, 0.717) is 22.5 Å². The Labute approximate surface area is 110 Å². The normalized spacial score (nSPS) is 9.68. The molecule has 94 valence electrons. The zero-order valence-corrected chi connectivity index (χ0v) is 10.3. The Bertz CT molecular complexity index is 673. The minimum atomic E-state index is -0.382. The molecule has 19 heavy (non-hydrogen) atoms. The lowest BCUT2D eigenvalue weighted by atomic mass is 10.1. The molecule has 0 aliphatic rings. The molecule has 5 nitrogen and oxygen atoms in total. The lowest BCUT2D eigenvalue weighted by Gasteiger charge is -2.08. The Morgan fingerprint density at radius 3 is 2.84 bits per heavy atom.